The molecule has 3 aromatic rings. The number of methoxy groups -OCH3 is 1. The first-order chi connectivity index (χ1) is 14.6. The van der Waals surface area contributed by atoms with Gasteiger partial charge in [-0.05, 0) is 35.9 Å². The van der Waals surface area contributed by atoms with Gasteiger partial charge in [0.25, 0.3) is 5.91 Å². The highest BCUT2D eigenvalue weighted by molar-refractivity contribution is 7.07. The van der Waals surface area contributed by atoms with Gasteiger partial charge in [-0.25, -0.2) is 4.98 Å². The highest BCUT2D eigenvalue weighted by Gasteiger charge is 2.18. The zero-order chi connectivity index (χ0) is 21.3. The quantitative estimate of drug-likeness (QED) is 0.480. The maximum Gasteiger partial charge on any atom is 0.254 e. The van der Waals surface area contributed by atoms with E-state index in [0.29, 0.717) is 42.3 Å². The van der Waals surface area contributed by atoms with Gasteiger partial charge in [0.2, 0.25) is 0 Å². The molecule has 0 saturated heterocycles. The summed E-state index contributed by atoms with van der Waals surface area (Å²) in [6.45, 7) is 4.88. The number of nitriles is 1. The van der Waals surface area contributed by atoms with E-state index in [2.05, 4.69) is 17.6 Å². The molecule has 0 saturated carbocycles. The number of thiazole rings is 1. The number of amides is 1. The van der Waals surface area contributed by atoms with Crippen molar-refractivity contribution in [2.24, 2.45) is 0 Å². The largest absolute Gasteiger partial charge is 0.493 e. The molecule has 0 unspecified atom stereocenters. The monoisotopic (exact) mass is 419 g/mol. The van der Waals surface area contributed by atoms with Crippen molar-refractivity contribution < 1.29 is 14.3 Å². The molecular formula is C23H21N3O3S. The molecule has 152 valence electrons. The van der Waals surface area contributed by atoms with Crippen molar-refractivity contribution in [3.8, 4) is 17.6 Å². The Labute approximate surface area is 179 Å². The lowest BCUT2D eigenvalue weighted by Gasteiger charge is -2.22. The number of rotatable bonds is 9. The minimum Gasteiger partial charge on any atom is -0.493 e. The molecule has 0 bridgehead atoms. The molecule has 6 nitrogen and oxygen atoms in total. The lowest BCUT2D eigenvalue weighted by Crippen LogP contribution is -2.30. The van der Waals surface area contributed by atoms with Crippen molar-refractivity contribution in [3.05, 3.63) is 88.4 Å². The summed E-state index contributed by atoms with van der Waals surface area (Å²) < 4.78 is 11.2. The zero-order valence-corrected chi connectivity index (χ0v) is 17.4. The predicted molar refractivity (Wildman–Crippen MR) is 116 cm³/mol. The van der Waals surface area contributed by atoms with Crippen LogP contribution in [0.25, 0.3) is 0 Å². The van der Waals surface area contributed by atoms with Crippen molar-refractivity contribution in [2.75, 3.05) is 13.7 Å². The molecule has 0 spiro atoms. The SMILES string of the molecule is C=CCN(Cc1ccc(C#N)cc1)C(=O)c1ccc(OCc2cscn2)c(OC)c1. The van der Waals surface area contributed by atoms with E-state index < -0.39 is 0 Å². The Morgan fingerprint density at radius 1 is 1.27 bits per heavy atom. The van der Waals surface area contributed by atoms with Crippen molar-refractivity contribution in [1.29, 1.82) is 5.26 Å². The maximum absolute atomic E-state index is 13.1. The smallest absolute Gasteiger partial charge is 0.254 e. The predicted octanol–water partition coefficient (Wildman–Crippen LogP) is 4.43. The van der Waals surface area contributed by atoms with E-state index >= 15 is 0 Å². The molecule has 1 aromatic heterocycles. The number of nitrogens with zero attached hydrogens (tertiary/aromatic N) is 3. The van der Waals surface area contributed by atoms with E-state index in [9.17, 15) is 4.79 Å². The minimum absolute atomic E-state index is 0.149. The van der Waals surface area contributed by atoms with Crippen LogP contribution < -0.4 is 9.47 Å². The number of ether oxygens (including phenoxy) is 2. The van der Waals surface area contributed by atoms with Crippen LogP contribution in [0.15, 0.2) is 66.0 Å². The summed E-state index contributed by atoms with van der Waals surface area (Å²) in [7, 11) is 1.54. The molecule has 3 rings (SSSR count). The summed E-state index contributed by atoms with van der Waals surface area (Å²) in [4.78, 5) is 19.0. The summed E-state index contributed by atoms with van der Waals surface area (Å²) in [6.07, 6.45) is 1.68. The van der Waals surface area contributed by atoms with Crippen LogP contribution in [0.3, 0.4) is 0 Å². The van der Waals surface area contributed by atoms with Gasteiger partial charge < -0.3 is 14.4 Å². The molecule has 0 atom stereocenters. The van der Waals surface area contributed by atoms with Crippen LogP contribution in [0.1, 0.15) is 27.2 Å². The Morgan fingerprint density at radius 2 is 2.07 bits per heavy atom. The topological polar surface area (TPSA) is 75.5 Å². The molecule has 0 radical (unpaired) electrons. The second kappa shape index (κ2) is 10.2. The Bertz CT molecular complexity index is 1040. The van der Waals surface area contributed by atoms with Gasteiger partial charge in [-0.1, -0.05) is 18.2 Å². The summed E-state index contributed by atoms with van der Waals surface area (Å²) in [5.41, 5.74) is 4.59. The molecular weight excluding hydrogens is 398 g/mol. The number of benzene rings is 2. The molecule has 2 aromatic carbocycles. The average Bonchev–Trinajstić information content (AvgIpc) is 3.31. The number of hydrogen-bond acceptors (Lipinski definition) is 6. The van der Waals surface area contributed by atoms with E-state index in [4.69, 9.17) is 14.7 Å². The van der Waals surface area contributed by atoms with Gasteiger partial charge >= 0.3 is 0 Å². The Morgan fingerprint density at radius 3 is 2.70 bits per heavy atom. The molecule has 7 heteroatoms. The fourth-order valence-corrected chi connectivity index (χ4v) is 3.39. The summed E-state index contributed by atoms with van der Waals surface area (Å²) >= 11 is 1.51. The van der Waals surface area contributed by atoms with Crippen molar-refractivity contribution in [2.45, 2.75) is 13.2 Å². The summed E-state index contributed by atoms with van der Waals surface area (Å²) in [6, 6.07) is 14.4. The lowest BCUT2D eigenvalue weighted by molar-refractivity contribution is 0.0762. The standard InChI is InChI=1S/C23H21N3O3S/c1-3-10-26(13-18-6-4-17(12-24)5-7-18)23(27)19-8-9-21(22(11-19)28-2)29-14-20-15-30-16-25-20/h3-9,11,15-16H,1,10,13-14H2,2H3. The third kappa shape index (κ3) is 5.25. The molecule has 0 aliphatic rings. The number of carbonyl (C=O) groups is 1. The van der Waals surface area contributed by atoms with Crippen LogP contribution in [-0.2, 0) is 13.2 Å². The Hall–Kier alpha value is -3.63. The molecule has 1 heterocycles. The van der Waals surface area contributed by atoms with Crippen LogP contribution >= 0.6 is 11.3 Å². The fraction of sp³-hybridized carbons (Fsp3) is 0.174. The summed E-state index contributed by atoms with van der Waals surface area (Å²) in [5.74, 6) is 0.876. The first kappa shape index (κ1) is 21.1. The van der Waals surface area contributed by atoms with Crippen LogP contribution in [0.5, 0.6) is 11.5 Å². The van der Waals surface area contributed by atoms with E-state index in [0.717, 1.165) is 11.3 Å². The number of hydrogen-bond donors (Lipinski definition) is 0. The van der Waals surface area contributed by atoms with E-state index in [-0.39, 0.29) is 5.91 Å². The summed E-state index contributed by atoms with van der Waals surface area (Å²) in [5, 5.41) is 10.9. The van der Waals surface area contributed by atoms with Crippen LogP contribution in [0.2, 0.25) is 0 Å². The average molecular weight is 420 g/mol. The lowest BCUT2D eigenvalue weighted by atomic mass is 10.1. The van der Waals surface area contributed by atoms with E-state index in [1.165, 1.54) is 18.4 Å². The highest BCUT2D eigenvalue weighted by Crippen LogP contribution is 2.29. The zero-order valence-electron chi connectivity index (χ0n) is 16.6. The van der Waals surface area contributed by atoms with Gasteiger partial charge in [0.15, 0.2) is 11.5 Å². The Kier molecular flexibility index (Phi) is 7.19. The Balaban J connectivity index is 1.76. The van der Waals surface area contributed by atoms with Crippen LogP contribution in [0, 0.1) is 11.3 Å². The molecule has 30 heavy (non-hydrogen) atoms. The first-order valence-corrected chi connectivity index (χ1v) is 10.2. The molecule has 0 fully saturated rings. The van der Waals surface area contributed by atoms with E-state index in [1.54, 1.807) is 46.8 Å². The van der Waals surface area contributed by atoms with Gasteiger partial charge in [0, 0.05) is 24.0 Å². The number of aromatic nitrogens is 1. The highest BCUT2D eigenvalue weighted by atomic mass is 32.1. The van der Waals surface area contributed by atoms with Crippen molar-refractivity contribution >= 4 is 17.2 Å². The van der Waals surface area contributed by atoms with Crippen molar-refractivity contribution in [3.63, 3.8) is 0 Å². The second-order valence-corrected chi connectivity index (χ2v) is 7.14. The second-order valence-electron chi connectivity index (χ2n) is 6.42. The van der Waals surface area contributed by atoms with Crippen LogP contribution in [-0.4, -0.2) is 29.4 Å². The minimum atomic E-state index is -0.149. The van der Waals surface area contributed by atoms with Gasteiger partial charge in [-0.3, -0.25) is 4.79 Å². The van der Waals surface area contributed by atoms with Crippen LogP contribution in [0.4, 0.5) is 0 Å². The van der Waals surface area contributed by atoms with Gasteiger partial charge in [0.05, 0.1) is 29.9 Å². The van der Waals surface area contributed by atoms with Gasteiger partial charge in [-0.2, -0.15) is 5.26 Å². The van der Waals surface area contributed by atoms with Gasteiger partial charge in [0.1, 0.15) is 6.61 Å². The van der Waals surface area contributed by atoms with E-state index in [1.807, 2.05) is 17.5 Å². The molecule has 1 amide bonds. The maximum atomic E-state index is 13.1. The normalized spacial score (nSPS) is 10.1. The molecule has 0 aliphatic heterocycles. The number of carbonyl (C=O) groups excluding carboxylic acids is 1. The first-order valence-electron chi connectivity index (χ1n) is 9.21. The third-order valence-corrected chi connectivity index (χ3v) is 5.00. The van der Waals surface area contributed by atoms with Gasteiger partial charge in [-0.15, -0.1) is 17.9 Å². The van der Waals surface area contributed by atoms with Crippen molar-refractivity contribution in [1.82, 2.24) is 9.88 Å². The fourth-order valence-electron chi connectivity index (χ4n) is 2.84. The molecule has 0 N–H and O–H groups in total. The third-order valence-electron chi connectivity index (χ3n) is 4.36. The molecule has 0 aliphatic carbocycles.